The smallest absolute Gasteiger partial charge is 0.306 e. The summed E-state index contributed by atoms with van der Waals surface area (Å²) in [4.78, 5) is 23.6. The molecule has 0 fully saturated rings. The molecule has 0 heterocycles. The highest BCUT2D eigenvalue weighted by Crippen LogP contribution is 2.21. The van der Waals surface area contributed by atoms with Crippen LogP contribution in [0.1, 0.15) is 56.6 Å². The van der Waals surface area contributed by atoms with Gasteiger partial charge in [-0.15, -0.1) is 0 Å². The minimum Gasteiger partial charge on any atom is -0.508 e. The number of hydrogen-bond acceptors (Lipinski definition) is 5. The van der Waals surface area contributed by atoms with Gasteiger partial charge in [0.05, 0.1) is 18.6 Å². The summed E-state index contributed by atoms with van der Waals surface area (Å²) in [6.07, 6.45) is 3.31. The molecule has 0 amide bonds. The van der Waals surface area contributed by atoms with E-state index in [9.17, 15) is 19.8 Å². The van der Waals surface area contributed by atoms with E-state index in [-0.39, 0.29) is 24.6 Å². The Balaban J connectivity index is 2.54. The highest BCUT2D eigenvalue weighted by molar-refractivity contribution is 5.79. The maximum atomic E-state index is 12.2. The van der Waals surface area contributed by atoms with E-state index in [2.05, 4.69) is 0 Å². The number of rotatable bonds is 13. The zero-order valence-corrected chi connectivity index (χ0v) is 15.6. The second-order valence-corrected chi connectivity index (χ2v) is 6.63. The molecule has 26 heavy (non-hydrogen) atoms. The van der Waals surface area contributed by atoms with Crippen molar-refractivity contribution in [2.45, 2.75) is 64.6 Å². The fourth-order valence-corrected chi connectivity index (χ4v) is 2.93. The van der Waals surface area contributed by atoms with E-state index in [1.54, 1.807) is 12.1 Å². The number of carbonyl (C=O) groups is 2. The number of ether oxygens (including phenoxy) is 1. The van der Waals surface area contributed by atoms with E-state index in [0.717, 1.165) is 18.4 Å². The van der Waals surface area contributed by atoms with Crippen molar-refractivity contribution < 1.29 is 29.6 Å². The zero-order chi connectivity index (χ0) is 19.5. The molecule has 2 unspecified atom stereocenters. The lowest BCUT2D eigenvalue weighted by atomic mass is 9.92. The topological polar surface area (TPSA) is 104 Å². The van der Waals surface area contributed by atoms with E-state index < -0.39 is 18.0 Å². The number of aliphatic hydroxyl groups is 1. The van der Waals surface area contributed by atoms with Gasteiger partial charge in [-0.05, 0) is 37.0 Å². The van der Waals surface area contributed by atoms with E-state index >= 15 is 0 Å². The van der Waals surface area contributed by atoms with Crippen molar-refractivity contribution in [3.05, 3.63) is 29.3 Å². The normalized spacial score (nSPS) is 13.3. The predicted molar refractivity (Wildman–Crippen MR) is 98.0 cm³/mol. The van der Waals surface area contributed by atoms with Crippen LogP contribution in [0.2, 0.25) is 0 Å². The van der Waals surface area contributed by atoms with Crippen molar-refractivity contribution in [3.8, 4) is 5.75 Å². The van der Waals surface area contributed by atoms with Crippen molar-refractivity contribution in [2.75, 3.05) is 7.11 Å². The Kier molecular flexibility index (Phi) is 9.91. The van der Waals surface area contributed by atoms with Gasteiger partial charge in [0.1, 0.15) is 11.5 Å². The largest absolute Gasteiger partial charge is 0.508 e. The van der Waals surface area contributed by atoms with Gasteiger partial charge in [-0.3, -0.25) is 9.59 Å². The molecular formula is C20H30O6. The number of benzene rings is 1. The van der Waals surface area contributed by atoms with Gasteiger partial charge in [-0.1, -0.05) is 25.8 Å². The van der Waals surface area contributed by atoms with Crippen LogP contribution in [-0.4, -0.2) is 40.3 Å². The molecule has 0 saturated carbocycles. The number of carboxylic acid groups (broad SMARTS) is 1. The average molecular weight is 366 g/mol. The zero-order valence-electron chi connectivity index (χ0n) is 15.6. The molecule has 0 aliphatic heterocycles. The fraction of sp³-hybridized carbons (Fsp3) is 0.600. The fourth-order valence-electron chi connectivity index (χ4n) is 2.93. The molecule has 0 aliphatic carbocycles. The monoisotopic (exact) mass is 366 g/mol. The molecule has 0 aliphatic rings. The molecular weight excluding hydrogens is 336 g/mol. The second-order valence-electron chi connectivity index (χ2n) is 6.63. The Labute approximate surface area is 154 Å². The lowest BCUT2D eigenvalue weighted by molar-refractivity contribution is -0.143. The summed E-state index contributed by atoms with van der Waals surface area (Å²) in [7, 11) is 1.50. The van der Waals surface area contributed by atoms with E-state index in [0.29, 0.717) is 31.2 Å². The van der Waals surface area contributed by atoms with Crippen LogP contribution in [0, 0.1) is 5.92 Å². The number of aromatic hydroxyl groups is 1. The molecule has 6 nitrogen and oxygen atoms in total. The van der Waals surface area contributed by atoms with Crippen molar-refractivity contribution >= 4 is 11.8 Å². The number of Topliss-reactive ketones (excluding diaryl/α,β-unsaturated/α-hetero) is 1. The summed E-state index contributed by atoms with van der Waals surface area (Å²) >= 11 is 0. The molecule has 1 aromatic carbocycles. The number of methoxy groups -OCH3 is 1. The number of ketones is 1. The van der Waals surface area contributed by atoms with Gasteiger partial charge < -0.3 is 20.1 Å². The summed E-state index contributed by atoms with van der Waals surface area (Å²) in [5, 5.41) is 28.1. The Hall–Kier alpha value is -1.92. The third kappa shape index (κ3) is 7.54. The molecule has 0 spiro atoms. The SMILES string of the molecule is CCCCC(CC(CC(=O)CCc1ccc(O)c(CO)c1)OC)C(=O)O. The van der Waals surface area contributed by atoms with Crippen LogP contribution < -0.4 is 0 Å². The standard InChI is InChI=1S/C20H30O6/c1-3-4-5-15(20(24)25)11-18(26-2)12-17(22)8-6-14-7-9-19(23)16(10-14)13-21/h7,9-10,15,18,21,23H,3-6,8,11-13H2,1-2H3,(H,24,25). The molecule has 0 bridgehead atoms. The van der Waals surface area contributed by atoms with Gasteiger partial charge in [0.25, 0.3) is 0 Å². The van der Waals surface area contributed by atoms with Crippen LogP contribution in [-0.2, 0) is 27.4 Å². The number of aliphatic carboxylic acids is 1. The van der Waals surface area contributed by atoms with Gasteiger partial charge in [0.15, 0.2) is 0 Å². The number of phenols is 1. The quantitative estimate of drug-likeness (QED) is 0.496. The van der Waals surface area contributed by atoms with Gasteiger partial charge in [-0.25, -0.2) is 0 Å². The van der Waals surface area contributed by atoms with Crippen LogP contribution >= 0.6 is 0 Å². The minimum atomic E-state index is -0.839. The van der Waals surface area contributed by atoms with Crippen LogP contribution in [0.15, 0.2) is 18.2 Å². The predicted octanol–water partition coefficient (Wildman–Crippen LogP) is 3.07. The molecule has 2 atom stereocenters. The number of aryl methyl sites for hydroxylation is 1. The van der Waals surface area contributed by atoms with Crippen molar-refractivity contribution in [1.82, 2.24) is 0 Å². The Morgan fingerprint density at radius 1 is 1.27 bits per heavy atom. The Morgan fingerprint density at radius 3 is 2.58 bits per heavy atom. The van der Waals surface area contributed by atoms with Gasteiger partial charge in [0, 0.05) is 25.5 Å². The number of carbonyl (C=O) groups excluding carboxylic acids is 1. The lowest BCUT2D eigenvalue weighted by Crippen LogP contribution is -2.24. The first-order valence-electron chi connectivity index (χ1n) is 9.10. The molecule has 1 rings (SSSR count). The van der Waals surface area contributed by atoms with Gasteiger partial charge >= 0.3 is 5.97 Å². The van der Waals surface area contributed by atoms with Crippen LogP contribution in [0.4, 0.5) is 0 Å². The van der Waals surface area contributed by atoms with E-state index in [4.69, 9.17) is 9.84 Å². The Morgan fingerprint density at radius 2 is 2.00 bits per heavy atom. The van der Waals surface area contributed by atoms with E-state index in [1.165, 1.54) is 13.2 Å². The number of hydrogen-bond donors (Lipinski definition) is 3. The molecule has 146 valence electrons. The highest BCUT2D eigenvalue weighted by Gasteiger charge is 2.23. The third-order valence-corrected chi connectivity index (χ3v) is 4.60. The summed E-state index contributed by atoms with van der Waals surface area (Å²) in [5.41, 5.74) is 1.30. The molecule has 1 aromatic rings. The maximum absolute atomic E-state index is 12.2. The second kappa shape index (κ2) is 11.6. The lowest BCUT2D eigenvalue weighted by Gasteiger charge is -2.19. The minimum absolute atomic E-state index is 0.00936. The molecule has 0 saturated heterocycles. The number of carboxylic acids is 1. The molecule has 0 aromatic heterocycles. The third-order valence-electron chi connectivity index (χ3n) is 4.60. The van der Waals surface area contributed by atoms with Crippen LogP contribution in [0.3, 0.4) is 0 Å². The highest BCUT2D eigenvalue weighted by atomic mass is 16.5. The van der Waals surface area contributed by atoms with E-state index in [1.807, 2.05) is 6.92 Å². The van der Waals surface area contributed by atoms with Crippen molar-refractivity contribution in [2.24, 2.45) is 5.92 Å². The summed E-state index contributed by atoms with van der Waals surface area (Å²) in [6.45, 7) is 1.76. The number of aliphatic hydroxyl groups excluding tert-OH is 1. The van der Waals surface area contributed by atoms with Crippen LogP contribution in [0.25, 0.3) is 0 Å². The summed E-state index contributed by atoms with van der Waals surface area (Å²) in [6, 6.07) is 4.91. The molecule has 6 heteroatoms. The first-order chi connectivity index (χ1) is 12.4. The Bertz CT molecular complexity index is 584. The summed E-state index contributed by atoms with van der Waals surface area (Å²) < 4.78 is 5.34. The van der Waals surface area contributed by atoms with Gasteiger partial charge in [0.2, 0.25) is 0 Å². The molecule has 0 radical (unpaired) electrons. The van der Waals surface area contributed by atoms with Crippen molar-refractivity contribution in [1.29, 1.82) is 0 Å². The van der Waals surface area contributed by atoms with Crippen LogP contribution in [0.5, 0.6) is 5.75 Å². The first-order valence-corrected chi connectivity index (χ1v) is 9.10. The molecule has 3 N–H and O–H groups in total. The summed E-state index contributed by atoms with van der Waals surface area (Å²) in [5.74, 6) is -1.28. The van der Waals surface area contributed by atoms with Crippen molar-refractivity contribution in [3.63, 3.8) is 0 Å². The first kappa shape index (κ1) is 22.1. The van der Waals surface area contributed by atoms with Gasteiger partial charge in [-0.2, -0.15) is 0 Å². The number of unbranched alkanes of at least 4 members (excludes halogenated alkanes) is 1. The maximum Gasteiger partial charge on any atom is 0.306 e. The average Bonchev–Trinajstić information content (AvgIpc) is 2.63.